The first-order chi connectivity index (χ1) is 7.41. The zero-order chi connectivity index (χ0) is 12.3. The summed E-state index contributed by atoms with van der Waals surface area (Å²) in [5.41, 5.74) is 9.63. The first-order valence-corrected chi connectivity index (χ1v) is 4.23. The number of rotatable bonds is 3. The van der Waals surface area contributed by atoms with Gasteiger partial charge in [0.05, 0.1) is 12.1 Å². The fraction of sp³-hybridized carbons (Fsp3) is 0.111. The lowest BCUT2D eigenvalue weighted by atomic mass is 10.1. The molecule has 0 aliphatic rings. The van der Waals surface area contributed by atoms with Gasteiger partial charge in [0.15, 0.2) is 11.6 Å². The highest BCUT2D eigenvalue weighted by Crippen LogP contribution is 2.16. The lowest BCUT2D eigenvalue weighted by Crippen LogP contribution is -2.33. The molecule has 1 aromatic rings. The molecule has 0 aliphatic carbocycles. The number of nitrogens with one attached hydrogen (secondary N) is 1. The summed E-state index contributed by atoms with van der Waals surface area (Å²) in [5.74, 6) is -3.90. The Morgan fingerprint density at radius 3 is 2.38 bits per heavy atom. The van der Waals surface area contributed by atoms with Crippen LogP contribution >= 0.6 is 0 Å². The van der Waals surface area contributed by atoms with E-state index in [0.29, 0.717) is 12.1 Å². The van der Waals surface area contributed by atoms with Crippen LogP contribution in [0.5, 0.6) is 0 Å². The maximum absolute atomic E-state index is 12.8. The molecular formula is C9H9F2N3O2. The maximum Gasteiger partial charge on any atom is 0.253 e. The Balaban J connectivity index is 2.91. The molecule has 1 aromatic carbocycles. The summed E-state index contributed by atoms with van der Waals surface area (Å²) in [5, 5.41) is 2.10. The topological polar surface area (TPSA) is 98.2 Å². The van der Waals surface area contributed by atoms with Gasteiger partial charge >= 0.3 is 0 Å². The Morgan fingerprint density at radius 1 is 1.25 bits per heavy atom. The first-order valence-electron chi connectivity index (χ1n) is 4.23. The SMILES string of the molecule is NC(=O)CNC(=O)c1cc(F)c(F)cc1N. The van der Waals surface area contributed by atoms with Gasteiger partial charge < -0.3 is 16.8 Å². The van der Waals surface area contributed by atoms with Crippen molar-refractivity contribution in [3.8, 4) is 0 Å². The van der Waals surface area contributed by atoms with E-state index in [1.807, 2.05) is 0 Å². The Morgan fingerprint density at radius 2 is 1.81 bits per heavy atom. The van der Waals surface area contributed by atoms with E-state index in [2.05, 4.69) is 5.32 Å². The van der Waals surface area contributed by atoms with Crippen LogP contribution in [0.25, 0.3) is 0 Å². The van der Waals surface area contributed by atoms with Gasteiger partial charge in [-0.1, -0.05) is 0 Å². The molecule has 2 amide bonds. The minimum Gasteiger partial charge on any atom is -0.398 e. The number of hydrogen-bond donors (Lipinski definition) is 3. The summed E-state index contributed by atoms with van der Waals surface area (Å²) in [6.45, 7) is -0.405. The van der Waals surface area contributed by atoms with Crippen molar-refractivity contribution >= 4 is 17.5 Å². The molecule has 0 bridgehead atoms. The second kappa shape index (κ2) is 4.56. The highest BCUT2D eigenvalue weighted by molar-refractivity contribution is 6.00. The van der Waals surface area contributed by atoms with E-state index in [1.165, 1.54) is 0 Å². The molecule has 0 radical (unpaired) electrons. The molecule has 0 fully saturated rings. The largest absolute Gasteiger partial charge is 0.398 e. The van der Waals surface area contributed by atoms with Gasteiger partial charge in [-0.3, -0.25) is 9.59 Å². The molecule has 16 heavy (non-hydrogen) atoms. The number of anilines is 1. The third kappa shape index (κ3) is 2.66. The number of nitrogens with two attached hydrogens (primary N) is 2. The van der Waals surface area contributed by atoms with Crippen LogP contribution in [0.2, 0.25) is 0 Å². The van der Waals surface area contributed by atoms with Gasteiger partial charge in [0.2, 0.25) is 5.91 Å². The molecule has 0 spiro atoms. The van der Waals surface area contributed by atoms with Crippen molar-refractivity contribution in [2.75, 3.05) is 12.3 Å². The van der Waals surface area contributed by atoms with Crippen LogP contribution in [0.1, 0.15) is 10.4 Å². The molecule has 86 valence electrons. The second-order valence-electron chi connectivity index (χ2n) is 3.00. The lowest BCUT2D eigenvalue weighted by molar-refractivity contribution is -0.117. The minimum absolute atomic E-state index is 0.221. The van der Waals surface area contributed by atoms with Crippen molar-refractivity contribution in [2.24, 2.45) is 5.73 Å². The molecule has 0 aromatic heterocycles. The van der Waals surface area contributed by atoms with E-state index in [9.17, 15) is 18.4 Å². The van der Waals surface area contributed by atoms with Gasteiger partial charge in [0.25, 0.3) is 5.91 Å². The number of halogens is 2. The van der Waals surface area contributed by atoms with Crippen molar-refractivity contribution in [3.63, 3.8) is 0 Å². The third-order valence-corrected chi connectivity index (χ3v) is 1.76. The number of hydrogen-bond acceptors (Lipinski definition) is 3. The van der Waals surface area contributed by atoms with Gasteiger partial charge in [-0.2, -0.15) is 0 Å². The molecule has 0 unspecified atom stereocenters. The van der Waals surface area contributed by atoms with Crippen molar-refractivity contribution in [1.29, 1.82) is 0 Å². The Bertz CT molecular complexity index is 449. The predicted molar refractivity (Wildman–Crippen MR) is 52.3 cm³/mol. The van der Waals surface area contributed by atoms with Crippen LogP contribution in [0.4, 0.5) is 14.5 Å². The molecule has 0 aliphatic heterocycles. The summed E-state index contributed by atoms with van der Waals surface area (Å²) >= 11 is 0. The zero-order valence-electron chi connectivity index (χ0n) is 8.09. The molecular weight excluding hydrogens is 220 g/mol. The van der Waals surface area contributed by atoms with Crippen LogP contribution < -0.4 is 16.8 Å². The molecule has 0 heterocycles. The Kier molecular flexibility index (Phi) is 3.39. The van der Waals surface area contributed by atoms with Gasteiger partial charge in [-0.25, -0.2) is 8.78 Å². The summed E-state index contributed by atoms with van der Waals surface area (Å²) in [4.78, 5) is 21.7. The van der Waals surface area contributed by atoms with Gasteiger partial charge in [-0.05, 0) is 6.07 Å². The lowest BCUT2D eigenvalue weighted by Gasteiger charge is -2.06. The quantitative estimate of drug-likeness (QED) is 0.624. The summed E-state index contributed by atoms with van der Waals surface area (Å²) in [6, 6.07) is 1.34. The number of carbonyl (C=O) groups excluding carboxylic acids is 2. The fourth-order valence-corrected chi connectivity index (χ4v) is 1.02. The van der Waals surface area contributed by atoms with E-state index in [1.54, 1.807) is 0 Å². The highest BCUT2D eigenvalue weighted by Gasteiger charge is 2.14. The van der Waals surface area contributed by atoms with Crippen molar-refractivity contribution in [2.45, 2.75) is 0 Å². The van der Waals surface area contributed by atoms with E-state index < -0.39 is 30.0 Å². The Hall–Kier alpha value is -2.18. The van der Waals surface area contributed by atoms with Crippen molar-refractivity contribution in [3.05, 3.63) is 29.3 Å². The smallest absolute Gasteiger partial charge is 0.253 e. The van der Waals surface area contributed by atoms with Gasteiger partial charge in [0, 0.05) is 11.8 Å². The number of primary amides is 1. The van der Waals surface area contributed by atoms with E-state index in [-0.39, 0.29) is 11.3 Å². The van der Waals surface area contributed by atoms with E-state index >= 15 is 0 Å². The zero-order valence-corrected chi connectivity index (χ0v) is 8.09. The van der Waals surface area contributed by atoms with Gasteiger partial charge in [0.1, 0.15) is 0 Å². The van der Waals surface area contributed by atoms with Crippen molar-refractivity contribution < 1.29 is 18.4 Å². The van der Waals surface area contributed by atoms with Crippen LogP contribution in [-0.2, 0) is 4.79 Å². The molecule has 0 saturated carbocycles. The van der Waals surface area contributed by atoms with Crippen LogP contribution in [0, 0.1) is 11.6 Å². The molecule has 0 saturated heterocycles. The second-order valence-corrected chi connectivity index (χ2v) is 3.00. The molecule has 1 rings (SSSR count). The number of nitrogen functional groups attached to an aromatic ring is 1. The number of carbonyl (C=O) groups is 2. The molecule has 5 N–H and O–H groups in total. The monoisotopic (exact) mass is 229 g/mol. The third-order valence-electron chi connectivity index (χ3n) is 1.76. The molecule has 7 heteroatoms. The first kappa shape index (κ1) is 11.9. The summed E-state index contributed by atoms with van der Waals surface area (Å²) in [7, 11) is 0. The normalized spacial score (nSPS) is 9.88. The fourth-order valence-electron chi connectivity index (χ4n) is 1.02. The summed E-state index contributed by atoms with van der Waals surface area (Å²) in [6.07, 6.45) is 0. The maximum atomic E-state index is 12.8. The van der Waals surface area contributed by atoms with Crippen LogP contribution in [0.15, 0.2) is 12.1 Å². The summed E-state index contributed by atoms with van der Waals surface area (Å²) < 4.78 is 25.5. The molecule has 0 atom stereocenters. The highest BCUT2D eigenvalue weighted by atomic mass is 19.2. The van der Waals surface area contributed by atoms with E-state index in [4.69, 9.17) is 11.5 Å². The standard InChI is InChI=1S/C9H9F2N3O2/c10-5-1-4(7(12)2-6(5)11)9(16)14-3-8(13)15/h1-2H,3,12H2,(H2,13,15)(H,14,16). The van der Waals surface area contributed by atoms with Crippen LogP contribution in [0.3, 0.4) is 0 Å². The molecule has 5 nitrogen and oxygen atoms in total. The number of amides is 2. The van der Waals surface area contributed by atoms with Gasteiger partial charge in [-0.15, -0.1) is 0 Å². The van der Waals surface area contributed by atoms with Crippen LogP contribution in [-0.4, -0.2) is 18.4 Å². The van der Waals surface area contributed by atoms with Crippen molar-refractivity contribution in [1.82, 2.24) is 5.32 Å². The average molecular weight is 229 g/mol. The minimum atomic E-state index is -1.20. The van der Waals surface area contributed by atoms with E-state index in [0.717, 1.165) is 0 Å². The Labute approximate surface area is 89.4 Å². The average Bonchev–Trinajstić information content (AvgIpc) is 2.20. The number of benzene rings is 1. The predicted octanol–water partition coefficient (Wildman–Crippen LogP) is -0.238.